The molecule has 0 atom stereocenters. The van der Waals surface area contributed by atoms with Crippen molar-refractivity contribution in [2.45, 2.75) is 12.8 Å². The lowest BCUT2D eigenvalue weighted by Gasteiger charge is -2.35. The molecule has 1 aromatic heterocycles. The number of hydrogen-bond acceptors (Lipinski definition) is 4. The molecule has 0 radical (unpaired) electrons. The largest absolute Gasteiger partial charge is 0.494 e. The highest BCUT2D eigenvalue weighted by Gasteiger charge is 2.27. The van der Waals surface area contributed by atoms with E-state index in [2.05, 4.69) is 15.4 Å². The third-order valence-electron chi connectivity index (χ3n) is 4.67. The molecule has 0 saturated carbocycles. The van der Waals surface area contributed by atoms with Crippen LogP contribution in [0.4, 0.5) is 10.1 Å². The third kappa shape index (κ3) is 5.69. The first kappa shape index (κ1) is 20.6. The second kappa shape index (κ2) is 9.90. The number of rotatable bonds is 7. The number of ether oxygens (including phenoxy) is 1. The number of anilines is 1. The van der Waals surface area contributed by atoms with E-state index < -0.39 is 0 Å². The summed E-state index contributed by atoms with van der Waals surface area (Å²) in [7, 11) is 3.55. The van der Waals surface area contributed by atoms with Crippen LogP contribution in [0.5, 0.6) is 5.75 Å². The van der Waals surface area contributed by atoms with E-state index in [1.807, 2.05) is 18.1 Å². The van der Waals surface area contributed by atoms with Crippen molar-refractivity contribution in [3.05, 3.63) is 42.5 Å². The fourth-order valence-corrected chi connectivity index (χ4v) is 3.16. The molecular formula is C20H27FN6O2. The minimum absolute atomic E-state index is 0.0277. The number of hydrogen-bond donors (Lipinski definition) is 1. The van der Waals surface area contributed by atoms with Crippen molar-refractivity contribution in [3.63, 3.8) is 0 Å². The van der Waals surface area contributed by atoms with Gasteiger partial charge in [-0.25, -0.2) is 4.39 Å². The Morgan fingerprint density at radius 2 is 2.07 bits per heavy atom. The van der Waals surface area contributed by atoms with E-state index in [-0.39, 0.29) is 18.3 Å². The summed E-state index contributed by atoms with van der Waals surface area (Å²) in [6.07, 6.45) is 5.29. The lowest BCUT2D eigenvalue weighted by molar-refractivity contribution is -0.120. The summed E-state index contributed by atoms with van der Waals surface area (Å²) in [6, 6.07) is 6.02. The van der Waals surface area contributed by atoms with Crippen LogP contribution in [-0.2, 0) is 11.8 Å². The summed E-state index contributed by atoms with van der Waals surface area (Å²) < 4.78 is 20.1. The number of unbranched alkanes of at least 4 members (excludes halogenated alkanes) is 1. The molecule has 1 amide bonds. The minimum atomic E-state index is -0.271. The van der Waals surface area contributed by atoms with Gasteiger partial charge in [0.2, 0.25) is 5.91 Å². The average molecular weight is 402 g/mol. The topological polar surface area (TPSA) is 75.0 Å². The summed E-state index contributed by atoms with van der Waals surface area (Å²) in [4.78, 5) is 20.5. The molecule has 156 valence electrons. The van der Waals surface area contributed by atoms with Crippen LogP contribution in [0.15, 0.2) is 41.7 Å². The molecule has 1 saturated heterocycles. The van der Waals surface area contributed by atoms with E-state index in [0.29, 0.717) is 25.4 Å². The SMILES string of the molecule is CN=C(NCCCCOc1ccc(F)cc1)N1CCN(c2cnn(C)c2)C(=O)C1. The Morgan fingerprint density at radius 1 is 1.28 bits per heavy atom. The number of benzene rings is 1. The van der Waals surface area contributed by atoms with Crippen molar-refractivity contribution >= 4 is 17.6 Å². The van der Waals surface area contributed by atoms with Gasteiger partial charge in [0.15, 0.2) is 5.96 Å². The molecule has 1 N–H and O–H groups in total. The minimum Gasteiger partial charge on any atom is -0.494 e. The van der Waals surface area contributed by atoms with Crippen molar-refractivity contribution in [3.8, 4) is 5.75 Å². The van der Waals surface area contributed by atoms with Crippen molar-refractivity contribution in [2.24, 2.45) is 12.0 Å². The first-order chi connectivity index (χ1) is 14.1. The van der Waals surface area contributed by atoms with Gasteiger partial charge >= 0.3 is 0 Å². The van der Waals surface area contributed by atoms with E-state index in [9.17, 15) is 9.18 Å². The van der Waals surface area contributed by atoms with Crippen LogP contribution in [0.3, 0.4) is 0 Å². The molecule has 3 rings (SSSR count). The second-order valence-corrected chi connectivity index (χ2v) is 6.82. The Hall–Kier alpha value is -3.10. The van der Waals surface area contributed by atoms with Crippen LogP contribution in [0.1, 0.15) is 12.8 Å². The number of carbonyl (C=O) groups is 1. The number of piperazine rings is 1. The Kier molecular flexibility index (Phi) is 7.04. The molecule has 1 fully saturated rings. The maximum atomic E-state index is 12.9. The lowest BCUT2D eigenvalue weighted by atomic mass is 10.3. The maximum Gasteiger partial charge on any atom is 0.246 e. The summed E-state index contributed by atoms with van der Waals surface area (Å²) in [5.41, 5.74) is 0.821. The first-order valence-electron chi connectivity index (χ1n) is 9.70. The zero-order valence-corrected chi connectivity index (χ0v) is 16.8. The van der Waals surface area contributed by atoms with Gasteiger partial charge < -0.3 is 19.9 Å². The summed E-state index contributed by atoms with van der Waals surface area (Å²) in [5, 5.41) is 7.44. The van der Waals surface area contributed by atoms with Crippen molar-refractivity contribution < 1.29 is 13.9 Å². The van der Waals surface area contributed by atoms with Crippen molar-refractivity contribution in [1.82, 2.24) is 20.0 Å². The fraction of sp³-hybridized carbons (Fsp3) is 0.450. The molecule has 0 bridgehead atoms. The Morgan fingerprint density at radius 3 is 2.72 bits per heavy atom. The molecule has 1 aliphatic rings. The van der Waals surface area contributed by atoms with Gasteiger partial charge in [-0.2, -0.15) is 5.10 Å². The molecule has 1 aromatic carbocycles. The number of halogens is 1. The van der Waals surface area contributed by atoms with Crippen LogP contribution < -0.4 is 15.0 Å². The number of nitrogens with zero attached hydrogens (tertiary/aromatic N) is 5. The van der Waals surface area contributed by atoms with E-state index in [1.54, 1.807) is 35.0 Å². The molecular weight excluding hydrogens is 375 g/mol. The maximum absolute atomic E-state index is 12.9. The molecule has 8 nitrogen and oxygen atoms in total. The Bertz CT molecular complexity index is 836. The van der Waals surface area contributed by atoms with E-state index in [1.165, 1.54) is 12.1 Å². The summed E-state index contributed by atoms with van der Waals surface area (Å²) in [6.45, 7) is 2.87. The zero-order valence-electron chi connectivity index (χ0n) is 16.8. The van der Waals surface area contributed by atoms with Crippen LogP contribution in [-0.4, -0.2) is 66.4 Å². The third-order valence-corrected chi connectivity index (χ3v) is 4.67. The van der Waals surface area contributed by atoms with E-state index in [4.69, 9.17) is 4.74 Å². The normalized spacial score (nSPS) is 15.0. The molecule has 0 aliphatic carbocycles. The molecule has 0 unspecified atom stereocenters. The first-order valence-corrected chi connectivity index (χ1v) is 9.70. The molecule has 0 spiro atoms. The van der Waals surface area contributed by atoms with Gasteiger partial charge in [0.1, 0.15) is 18.1 Å². The van der Waals surface area contributed by atoms with Gasteiger partial charge in [-0.1, -0.05) is 0 Å². The average Bonchev–Trinajstić information content (AvgIpc) is 3.15. The Balaban J connectivity index is 1.37. The number of amides is 1. The number of carbonyl (C=O) groups excluding carboxylic acids is 1. The standard InChI is InChI=1S/C20H27FN6O2/c1-22-20(23-9-3-4-12-29-18-7-5-16(21)6-8-18)26-10-11-27(19(28)15-26)17-13-24-25(2)14-17/h5-8,13-14H,3-4,9-12,15H2,1-2H3,(H,22,23). The monoisotopic (exact) mass is 402 g/mol. The molecule has 2 heterocycles. The number of aliphatic imine (C=N–C) groups is 1. The molecule has 2 aromatic rings. The molecule has 29 heavy (non-hydrogen) atoms. The van der Waals surface area contributed by atoms with Gasteiger partial charge in [0, 0.05) is 39.9 Å². The predicted octanol–water partition coefficient (Wildman–Crippen LogP) is 1.64. The fourth-order valence-electron chi connectivity index (χ4n) is 3.16. The van der Waals surface area contributed by atoms with Crippen LogP contribution in [0.25, 0.3) is 0 Å². The number of guanidine groups is 1. The lowest BCUT2D eigenvalue weighted by Crippen LogP contribution is -2.55. The summed E-state index contributed by atoms with van der Waals surface area (Å²) >= 11 is 0. The van der Waals surface area contributed by atoms with Crippen LogP contribution in [0.2, 0.25) is 0 Å². The molecule has 1 aliphatic heterocycles. The van der Waals surface area contributed by atoms with Crippen LogP contribution >= 0.6 is 0 Å². The van der Waals surface area contributed by atoms with E-state index >= 15 is 0 Å². The van der Waals surface area contributed by atoms with Crippen LogP contribution in [0, 0.1) is 5.82 Å². The highest BCUT2D eigenvalue weighted by Crippen LogP contribution is 2.16. The van der Waals surface area contributed by atoms with Gasteiger partial charge in [0.25, 0.3) is 0 Å². The Labute approximate surface area is 170 Å². The summed E-state index contributed by atoms with van der Waals surface area (Å²) in [5.74, 6) is 1.15. The van der Waals surface area contributed by atoms with Crippen molar-refractivity contribution in [1.29, 1.82) is 0 Å². The quantitative estimate of drug-likeness (QED) is 0.433. The van der Waals surface area contributed by atoms with Gasteiger partial charge in [-0.05, 0) is 37.1 Å². The highest BCUT2D eigenvalue weighted by atomic mass is 19.1. The van der Waals surface area contributed by atoms with Gasteiger partial charge in [-0.3, -0.25) is 14.5 Å². The van der Waals surface area contributed by atoms with Gasteiger partial charge in [0.05, 0.1) is 18.5 Å². The smallest absolute Gasteiger partial charge is 0.246 e. The number of aryl methyl sites for hydroxylation is 1. The second-order valence-electron chi connectivity index (χ2n) is 6.82. The van der Waals surface area contributed by atoms with Crippen molar-refractivity contribution in [2.75, 3.05) is 44.7 Å². The number of aromatic nitrogens is 2. The molecule has 9 heteroatoms. The highest BCUT2D eigenvalue weighted by molar-refractivity contribution is 5.98. The zero-order chi connectivity index (χ0) is 20.6. The predicted molar refractivity (Wildman–Crippen MR) is 110 cm³/mol. The van der Waals surface area contributed by atoms with E-state index in [0.717, 1.165) is 31.0 Å². The van der Waals surface area contributed by atoms with Gasteiger partial charge in [-0.15, -0.1) is 0 Å². The number of nitrogens with one attached hydrogen (secondary N) is 1.